The lowest BCUT2D eigenvalue weighted by molar-refractivity contribution is -0.139. The van der Waals surface area contributed by atoms with Crippen LogP contribution in [0.4, 0.5) is 10.1 Å². The summed E-state index contributed by atoms with van der Waals surface area (Å²) in [6.07, 6.45) is 1.60. The van der Waals surface area contributed by atoms with Gasteiger partial charge >= 0.3 is 11.9 Å². The first-order valence-electron chi connectivity index (χ1n) is 11.4. The van der Waals surface area contributed by atoms with Gasteiger partial charge in [-0.3, -0.25) is 9.88 Å². The van der Waals surface area contributed by atoms with Crippen molar-refractivity contribution in [1.82, 2.24) is 4.98 Å². The van der Waals surface area contributed by atoms with E-state index in [1.807, 2.05) is 6.07 Å². The number of halogens is 1. The fourth-order valence-corrected chi connectivity index (χ4v) is 4.16. The van der Waals surface area contributed by atoms with Gasteiger partial charge in [-0.05, 0) is 29.8 Å². The minimum Gasteiger partial charge on any atom is -0.484 e. The molecule has 1 aromatic heterocycles. The molecule has 9 nitrogen and oxygen atoms in total. The highest BCUT2D eigenvalue weighted by Gasteiger charge is 2.43. The largest absolute Gasteiger partial charge is 0.484 e. The number of aromatic nitrogens is 1. The third-order valence-corrected chi connectivity index (χ3v) is 5.89. The molecular formula is C28H23FN4O5. The Hall–Kier alpha value is -5.17. The Balaban J connectivity index is 1.85. The molecule has 1 unspecified atom stereocenters. The molecule has 1 atom stereocenters. The molecule has 192 valence electrons. The molecule has 4 rings (SSSR count). The van der Waals surface area contributed by atoms with Crippen LogP contribution in [-0.2, 0) is 25.7 Å². The molecule has 2 aromatic carbocycles. The molecular weight excluding hydrogens is 491 g/mol. The van der Waals surface area contributed by atoms with Crippen molar-refractivity contribution in [3.63, 3.8) is 0 Å². The second-order valence-electron chi connectivity index (χ2n) is 8.06. The first-order valence-corrected chi connectivity index (χ1v) is 11.4. The van der Waals surface area contributed by atoms with E-state index < -0.39 is 23.7 Å². The van der Waals surface area contributed by atoms with E-state index in [2.05, 4.69) is 4.98 Å². The van der Waals surface area contributed by atoms with Gasteiger partial charge in [0.2, 0.25) is 0 Å². The Bertz CT molecular complexity index is 1470. The maximum atomic E-state index is 15.2. The lowest BCUT2D eigenvalue weighted by Crippen LogP contribution is -2.40. The minimum atomic E-state index is -1.02. The molecule has 10 heteroatoms. The van der Waals surface area contributed by atoms with Gasteiger partial charge in [0, 0.05) is 12.3 Å². The Morgan fingerprint density at radius 3 is 2.37 bits per heavy atom. The van der Waals surface area contributed by atoms with Crippen molar-refractivity contribution in [3.8, 4) is 11.8 Å². The summed E-state index contributed by atoms with van der Waals surface area (Å²) in [4.78, 5) is 31.4. The van der Waals surface area contributed by atoms with Gasteiger partial charge in [0.05, 0.1) is 48.7 Å². The first kappa shape index (κ1) is 25.9. The van der Waals surface area contributed by atoms with Crippen LogP contribution in [0.1, 0.15) is 17.2 Å². The van der Waals surface area contributed by atoms with Crippen molar-refractivity contribution in [1.29, 1.82) is 5.26 Å². The number of allylic oxidation sites excluding steroid dienone is 1. The standard InChI is InChI=1S/C28H23FN4O5/c1-36-27(34)24-23(17-8-4-3-5-9-17)20(15-30)26(31)33(25(24)28(35)37-2)19-11-12-22(21(29)14-19)38-16-18-10-6-7-13-32-18/h3-14,23H,16,31H2,1-2H3. The van der Waals surface area contributed by atoms with Crippen molar-refractivity contribution in [2.45, 2.75) is 12.5 Å². The predicted molar refractivity (Wildman–Crippen MR) is 135 cm³/mol. The number of nitrogens with two attached hydrogens (primary N) is 1. The second kappa shape index (κ2) is 11.3. The zero-order chi connectivity index (χ0) is 27.2. The summed E-state index contributed by atoms with van der Waals surface area (Å²) in [5, 5.41) is 10.1. The van der Waals surface area contributed by atoms with Crippen molar-refractivity contribution in [2.75, 3.05) is 19.1 Å². The van der Waals surface area contributed by atoms with E-state index in [-0.39, 0.29) is 40.7 Å². The summed E-state index contributed by atoms with van der Waals surface area (Å²) in [6.45, 7) is 0.0278. The number of pyridine rings is 1. The molecule has 0 spiro atoms. The summed E-state index contributed by atoms with van der Waals surface area (Å²) < 4.78 is 30.7. The Morgan fingerprint density at radius 1 is 1.05 bits per heavy atom. The van der Waals surface area contributed by atoms with E-state index in [4.69, 9.17) is 19.9 Å². The van der Waals surface area contributed by atoms with Crippen LogP contribution in [0.2, 0.25) is 0 Å². The van der Waals surface area contributed by atoms with Crippen LogP contribution < -0.4 is 15.4 Å². The van der Waals surface area contributed by atoms with Gasteiger partial charge in [-0.1, -0.05) is 36.4 Å². The molecule has 1 aliphatic heterocycles. The predicted octanol–water partition coefficient (Wildman–Crippen LogP) is 3.70. The van der Waals surface area contributed by atoms with Crippen LogP contribution in [-0.4, -0.2) is 31.1 Å². The normalized spacial score (nSPS) is 15.1. The molecule has 0 saturated heterocycles. The van der Waals surface area contributed by atoms with Crippen molar-refractivity contribution >= 4 is 17.6 Å². The van der Waals surface area contributed by atoms with Gasteiger partial charge in [0.1, 0.15) is 18.1 Å². The molecule has 2 heterocycles. The number of carbonyl (C=O) groups excluding carboxylic acids is 2. The van der Waals surface area contributed by atoms with E-state index in [1.165, 1.54) is 12.1 Å². The van der Waals surface area contributed by atoms with Crippen LogP contribution in [0.5, 0.6) is 5.75 Å². The van der Waals surface area contributed by atoms with E-state index >= 15 is 4.39 Å². The Kier molecular flexibility index (Phi) is 7.68. The average Bonchev–Trinajstić information content (AvgIpc) is 2.96. The number of anilines is 1. The van der Waals surface area contributed by atoms with Crippen molar-refractivity contribution in [2.24, 2.45) is 5.73 Å². The lowest BCUT2D eigenvalue weighted by Gasteiger charge is -2.35. The Morgan fingerprint density at radius 2 is 1.76 bits per heavy atom. The van der Waals surface area contributed by atoms with E-state index in [9.17, 15) is 14.9 Å². The van der Waals surface area contributed by atoms with Crippen LogP contribution in [0.3, 0.4) is 0 Å². The zero-order valence-electron chi connectivity index (χ0n) is 20.6. The number of carbonyl (C=O) groups is 2. The molecule has 38 heavy (non-hydrogen) atoms. The number of methoxy groups -OCH3 is 2. The van der Waals surface area contributed by atoms with E-state index in [0.717, 1.165) is 25.2 Å². The highest BCUT2D eigenvalue weighted by atomic mass is 19.1. The van der Waals surface area contributed by atoms with Crippen molar-refractivity contribution < 1.29 is 28.2 Å². The van der Waals surface area contributed by atoms with Crippen LogP contribution in [0.15, 0.2) is 95.6 Å². The number of rotatable bonds is 7. The van der Waals surface area contributed by atoms with Gasteiger partial charge in [-0.25, -0.2) is 14.0 Å². The first-order chi connectivity index (χ1) is 18.4. The monoisotopic (exact) mass is 514 g/mol. The summed E-state index contributed by atoms with van der Waals surface area (Å²) in [7, 11) is 2.28. The maximum Gasteiger partial charge on any atom is 0.355 e. The maximum absolute atomic E-state index is 15.2. The minimum absolute atomic E-state index is 0.0276. The second-order valence-corrected chi connectivity index (χ2v) is 8.06. The molecule has 3 aromatic rings. The van der Waals surface area contributed by atoms with Gasteiger partial charge in [-0.15, -0.1) is 0 Å². The molecule has 1 aliphatic rings. The highest BCUT2D eigenvalue weighted by Crippen LogP contribution is 2.43. The number of esters is 2. The summed E-state index contributed by atoms with van der Waals surface area (Å²) in [6, 6.07) is 19.8. The summed E-state index contributed by atoms with van der Waals surface area (Å²) in [5.41, 5.74) is 7.12. The quantitative estimate of drug-likeness (QED) is 0.470. The smallest absolute Gasteiger partial charge is 0.355 e. The van der Waals surface area contributed by atoms with Gasteiger partial charge in [0.15, 0.2) is 11.6 Å². The van der Waals surface area contributed by atoms with E-state index in [0.29, 0.717) is 11.3 Å². The fourth-order valence-electron chi connectivity index (χ4n) is 4.16. The number of nitrogens with zero attached hydrogens (tertiary/aromatic N) is 3. The van der Waals surface area contributed by atoms with Gasteiger partial charge in [0.25, 0.3) is 0 Å². The van der Waals surface area contributed by atoms with Crippen LogP contribution in [0.25, 0.3) is 0 Å². The van der Waals surface area contributed by atoms with Crippen LogP contribution >= 0.6 is 0 Å². The average molecular weight is 515 g/mol. The molecule has 0 fully saturated rings. The lowest BCUT2D eigenvalue weighted by atomic mass is 9.81. The summed E-state index contributed by atoms with van der Waals surface area (Å²) in [5.74, 6) is -3.83. The third-order valence-electron chi connectivity index (χ3n) is 5.89. The van der Waals surface area contributed by atoms with Crippen molar-refractivity contribution in [3.05, 3.63) is 113 Å². The summed E-state index contributed by atoms with van der Waals surface area (Å²) >= 11 is 0. The number of benzene rings is 2. The number of hydrogen-bond acceptors (Lipinski definition) is 9. The third kappa shape index (κ3) is 4.90. The topological polar surface area (TPSA) is 128 Å². The molecule has 0 amide bonds. The molecule has 0 bridgehead atoms. The highest BCUT2D eigenvalue weighted by molar-refractivity contribution is 6.06. The van der Waals surface area contributed by atoms with E-state index in [1.54, 1.807) is 54.7 Å². The number of nitriles is 1. The number of hydrogen-bond donors (Lipinski definition) is 1. The molecule has 0 aliphatic carbocycles. The van der Waals surface area contributed by atoms with Gasteiger partial charge in [-0.2, -0.15) is 5.26 Å². The van der Waals surface area contributed by atoms with Gasteiger partial charge < -0.3 is 19.9 Å². The number of ether oxygens (including phenoxy) is 3. The Labute approximate surface area is 218 Å². The molecule has 0 radical (unpaired) electrons. The van der Waals surface area contributed by atoms with Crippen LogP contribution in [0, 0.1) is 17.1 Å². The molecule has 0 saturated carbocycles. The zero-order valence-corrected chi connectivity index (χ0v) is 20.6. The SMILES string of the molecule is COC(=O)C1=C(C(=O)OC)N(c2ccc(OCc3ccccn3)c(F)c2)C(N)=C(C#N)C1c1ccccc1. The fraction of sp³-hybridized carbons (Fsp3) is 0.143. The molecule has 2 N–H and O–H groups in total.